The van der Waals surface area contributed by atoms with E-state index in [-0.39, 0.29) is 28.9 Å². The zero-order valence-electron chi connectivity index (χ0n) is 14.1. The van der Waals surface area contributed by atoms with Crippen LogP contribution >= 0.6 is 23.4 Å². The van der Waals surface area contributed by atoms with Crippen LogP contribution in [-0.4, -0.2) is 16.0 Å². The van der Waals surface area contributed by atoms with Gasteiger partial charge in [-0.05, 0) is 42.2 Å². The topological polar surface area (TPSA) is 29.1 Å². The predicted octanol–water partition coefficient (Wildman–Crippen LogP) is 5.25. The summed E-state index contributed by atoms with van der Waals surface area (Å²) >= 11 is 8.41. The minimum absolute atomic E-state index is 0.0955. The van der Waals surface area contributed by atoms with Crippen molar-refractivity contribution in [3.05, 3.63) is 78.1 Å². The van der Waals surface area contributed by atoms with Crippen LogP contribution in [0.2, 0.25) is 0 Å². The van der Waals surface area contributed by atoms with Crippen LogP contribution in [0, 0.1) is 17.7 Å². The van der Waals surface area contributed by atoms with E-state index in [1.807, 2.05) is 18.2 Å². The van der Waals surface area contributed by atoms with E-state index in [0.29, 0.717) is 5.69 Å². The first-order valence-corrected chi connectivity index (χ1v) is 10.1. The van der Waals surface area contributed by atoms with E-state index >= 15 is 0 Å². The number of rotatable bonds is 5. The Kier molecular flexibility index (Phi) is 4.80. The number of benzene rings is 2. The van der Waals surface area contributed by atoms with Gasteiger partial charge in [-0.25, -0.2) is 4.39 Å². The Hall–Kier alpha value is -1.78. The molecule has 0 unspecified atom stereocenters. The number of alkyl halides is 1. The highest BCUT2D eigenvalue weighted by Gasteiger charge is 2.60. The lowest BCUT2D eigenvalue weighted by Gasteiger charge is -2.37. The molecule has 2 nitrogen and oxygen atoms in total. The monoisotopic (exact) mass is 387 g/mol. The first-order chi connectivity index (χ1) is 12.6. The quantitative estimate of drug-likeness (QED) is 0.560. The van der Waals surface area contributed by atoms with E-state index in [4.69, 9.17) is 11.6 Å². The number of amides is 1. The van der Waals surface area contributed by atoms with Gasteiger partial charge in [0.25, 0.3) is 0 Å². The summed E-state index contributed by atoms with van der Waals surface area (Å²) < 4.78 is 12.4. The molecule has 0 spiro atoms. The maximum atomic E-state index is 13.3. The lowest BCUT2D eigenvalue weighted by Crippen LogP contribution is -2.50. The number of allylic oxidation sites excluding steroid dienone is 2. The van der Waals surface area contributed by atoms with Gasteiger partial charge in [0.15, 0.2) is 0 Å². The van der Waals surface area contributed by atoms with E-state index in [1.54, 1.807) is 23.9 Å². The molecule has 0 radical (unpaired) electrons. The van der Waals surface area contributed by atoms with E-state index < -0.39 is 4.75 Å². The number of nitrogens with one attached hydrogen (secondary N) is 1. The second-order valence-corrected chi connectivity index (χ2v) is 8.54. The maximum Gasteiger partial charge on any atom is 0.242 e. The molecule has 2 aliphatic rings. The fraction of sp³-hybridized carbons (Fsp3) is 0.286. The fourth-order valence-corrected chi connectivity index (χ4v) is 6.01. The van der Waals surface area contributed by atoms with Crippen molar-refractivity contribution in [2.24, 2.45) is 11.8 Å². The molecule has 2 aliphatic carbocycles. The molecule has 5 heteroatoms. The molecule has 0 aromatic heterocycles. The average molecular weight is 388 g/mol. The molecule has 1 N–H and O–H groups in total. The first-order valence-electron chi connectivity index (χ1n) is 8.67. The van der Waals surface area contributed by atoms with E-state index in [9.17, 15) is 9.18 Å². The minimum atomic E-state index is -0.717. The number of thioether (sulfide) groups is 1. The number of halogens is 2. The van der Waals surface area contributed by atoms with Gasteiger partial charge in [0.1, 0.15) is 10.6 Å². The van der Waals surface area contributed by atoms with Crippen molar-refractivity contribution in [3.63, 3.8) is 0 Å². The highest BCUT2D eigenvalue weighted by molar-refractivity contribution is 8.00. The molecule has 26 heavy (non-hydrogen) atoms. The summed E-state index contributed by atoms with van der Waals surface area (Å²) in [5, 5.41) is 2.70. The van der Waals surface area contributed by atoms with E-state index in [0.717, 1.165) is 12.2 Å². The summed E-state index contributed by atoms with van der Waals surface area (Å²) in [6.45, 7) is 0. The number of anilines is 1. The standard InChI is InChI=1S/C21H19ClFNOS/c22-19-15-6-7-16(12-15)21(19,26-13-14-4-2-1-3-5-14)20(25)24-18-10-8-17(23)9-11-18/h1-11,15-16,19H,12-13H2,(H,24,25)/t15-,16+,19+,21-/m0/s1. The van der Waals surface area contributed by atoms with Crippen molar-refractivity contribution in [3.8, 4) is 0 Å². The predicted molar refractivity (Wildman–Crippen MR) is 106 cm³/mol. The molecule has 0 saturated heterocycles. The number of fused-ring (bicyclic) bond motifs is 2. The van der Waals surface area contributed by atoms with Gasteiger partial charge in [0.2, 0.25) is 5.91 Å². The normalized spacial score (nSPS) is 29.1. The Balaban J connectivity index is 1.59. The third-order valence-corrected chi connectivity index (χ3v) is 7.73. The molecular weight excluding hydrogens is 369 g/mol. The molecular formula is C21H19ClFNOS. The summed E-state index contributed by atoms with van der Waals surface area (Å²) in [7, 11) is 0. The van der Waals surface area contributed by atoms with Crippen LogP contribution < -0.4 is 5.32 Å². The Morgan fingerprint density at radius 2 is 1.88 bits per heavy atom. The van der Waals surface area contributed by atoms with Gasteiger partial charge in [-0.3, -0.25) is 4.79 Å². The molecule has 1 saturated carbocycles. The third-order valence-electron chi connectivity index (χ3n) is 5.23. The molecule has 4 rings (SSSR count). The number of hydrogen-bond acceptors (Lipinski definition) is 2. The zero-order chi connectivity index (χ0) is 18.1. The van der Waals surface area contributed by atoms with Crippen LogP contribution in [0.5, 0.6) is 0 Å². The van der Waals surface area contributed by atoms with Gasteiger partial charge in [-0.2, -0.15) is 0 Å². The zero-order valence-corrected chi connectivity index (χ0v) is 15.6. The largest absolute Gasteiger partial charge is 0.325 e. The molecule has 0 aliphatic heterocycles. The second-order valence-electron chi connectivity index (χ2n) is 6.82. The van der Waals surface area contributed by atoms with Crippen molar-refractivity contribution in [1.82, 2.24) is 0 Å². The summed E-state index contributed by atoms with van der Waals surface area (Å²) in [5.41, 5.74) is 1.76. The molecule has 2 aromatic rings. The number of carbonyl (C=O) groups is 1. The summed E-state index contributed by atoms with van der Waals surface area (Å²) in [6.07, 6.45) is 5.17. The van der Waals surface area contributed by atoms with Crippen LogP contribution in [0.15, 0.2) is 66.7 Å². The van der Waals surface area contributed by atoms with Crippen LogP contribution in [0.4, 0.5) is 10.1 Å². The molecule has 134 valence electrons. The lowest BCUT2D eigenvalue weighted by atomic mass is 9.91. The minimum Gasteiger partial charge on any atom is -0.325 e. The molecule has 0 heterocycles. The lowest BCUT2D eigenvalue weighted by molar-refractivity contribution is -0.118. The summed E-state index contributed by atoms with van der Waals surface area (Å²) in [5.74, 6) is 0.641. The van der Waals surface area contributed by atoms with E-state index in [2.05, 4.69) is 29.6 Å². The third kappa shape index (κ3) is 3.06. The Bertz CT molecular complexity index is 826. The number of carbonyl (C=O) groups excluding carboxylic acids is 1. The van der Waals surface area contributed by atoms with Crippen molar-refractivity contribution in [2.75, 3.05) is 5.32 Å². The first kappa shape index (κ1) is 17.6. The summed E-state index contributed by atoms with van der Waals surface area (Å²) in [6, 6.07) is 16.0. The van der Waals surface area contributed by atoms with Crippen LogP contribution in [0.25, 0.3) is 0 Å². The molecule has 1 amide bonds. The highest BCUT2D eigenvalue weighted by Crippen LogP contribution is 2.57. The van der Waals surface area contributed by atoms with Gasteiger partial charge in [-0.15, -0.1) is 23.4 Å². The Morgan fingerprint density at radius 1 is 1.15 bits per heavy atom. The molecule has 1 fully saturated rings. The van der Waals surface area contributed by atoms with Crippen molar-refractivity contribution in [1.29, 1.82) is 0 Å². The van der Waals surface area contributed by atoms with Gasteiger partial charge in [-0.1, -0.05) is 42.5 Å². The highest BCUT2D eigenvalue weighted by atomic mass is 35.5. The van der Waals surface area contributed by atoms with Crippen molar-refractivity contribution in [2.45, 2.75) is 22.3 Å². The SMILES string of the molecule is O=C(Nc1ccc(F)cc1)[C@]1(SCc2ccccc2)[C@@H]2C=C[C@@H](C2)[C@H]1Cl. The van der Waals surface area contributed by atoms with Crippen LogP contribution in [0.3, 0.4) is 0 Å². The average Bonchev–Trinajstić information content (AvgIpc) is 3.24. The molecule has 4 atom stereocenters. The van der Waals surface area contributed by atoms with Gasteiger partial charge in [0, 0.05) is 17.4 Å². The van der Waals surface area contributed by atoms with Gasteiger partial charge in [0.05, 0.1) is 5.38 Å². The summed E-state index contributed by atoms with van der Waals surface area (Å²) in [4.78, 5) is 13.3. The van der Waals surface area contributed by atoms with Crippen LogP contribution in [-0.2, 0) is 10.5 Å². The maximum absolute atomic E-state index is 13.3. The Labute approximate surface area is 161 Å². The smallest absolute Gasteiger partial charge is 0.242 e. The van der Waals surface area contributed by atoms with E-state index in [1.165, 1.54) is 17.7 Å². The Morgan fingerprint density at radius 3 is 2.54 bits per heavy atom. The fourth-order valence-electron chi connectivity index (χ4n) is 3.87. The van der Waals surface area contributed by atoms with Crippen molar-refractivity contribution >= 4 is 35.0 Å². The second kappa shape index (κ2) is 7.09. The van der Waals surface area contributed by atoms with Crippen molar-refractivity contribution < 1.29 is 9.18 Å². The number of hydrogen-bond donors (Lipinski definition) is 1. The van der Waals surface area contributed by atoms with Crippen LogP contribution in [0.1, 0.15) is 12.0 Å². The van der Waals surface area contributed by atoms with Gasteiger partial charge < -0.3 is 5.32 Å². The molecule has 2 bridgehead atoms. The molecule has 2 aromatic carbocycles. The van der Waals surface area contributed by atoms with Gasteiger partial charge >= 0.3 is 0 Å².